The molecule has 6 aliphatic rings. The van der Waals surface area contributed by atoms with Gasteiger partial charge in [-0.25, -0.2) is 4.99 Å². The van der Waals surface area contributed by atoms with Crippen LogP contribution >= 0.6 is 0 Å². The number of rotatable bonds is 4. The van der Waals surface area contributed by atoms with Crippen molar-refractivity contribution in [3.63, 3.8) is 0 Å². The zero-order valence-electron chi connectivity index (χ0n) is 24.7. The Morgan fingerprint density at radius 3 is 1.76 bits per heavy atom. The van der Waals surface area contributed by atoms with Crippen molar-refractivity contribution in [3.8, 4) is 5.88 Å². The number of likely N-dealkylation sites (N-methyl/N-ethyl adjacent to an activating group) is 2. The Balaban J connectivity index is 1.24. The first-order valence-corrected chi connectivity index (χ1v) is 15.9. The van der Waals surface area contributed by atoms with Gasteiger partial charge in [-0.05, 0) is 44.9 Å². The summed E-state index contributed by atoms with van der Waals surface area (Å²) in [4.78, 5) is 48.8. The predicted octanol–water partition coefficient (Wildman–Crippen LogP) is 5.56. The number of carbonyl (C=O) groups excluding carboxylic acids is 3. The highest BCUT2D eigenvalue weighted by atomic mass is 16.3. The Hall–Kier alpha value is -3.16. The monoisotopic (exact) mass is 558 g/mol. The summed E-state index contributed by atoms with van der Waals surface area (Å²) in [7, 11) is 5.52. The van der Waals surface area contributed by atoms with Crippen molar-refractivity contribution in [1.29, 1.82) is 0 Å². The van der Waals surface area contributed by atoms with Gasteiger partial charge in [0.1, 0.15) is 0 Å². The summed E-state index contributed by atoms with van der Waals surface area (Å²) >= 11 is 0. The van der Waals surface area contributed by atoms with Gasteiger partial charge in [0.25, 0.3) is 17.7 Å². The lowest BCUT2D eigenvalue weighted by atomic mass is 9.76. The van der Waals surface area contributed by atoms with Crippen LogP contribution in [0.5, 0.6) is 5.88 Å². The van der Waals surface area contributed by atoms with Gasteiger partial charge in [-0.15, -0.1) is 0 Å². The molecular formula is C33H42N4O4. The predicted molar refractivity (Wildman–Crippen MR) is 155 cm³/mol. The highest BCUT2D eigenvalue weighted by molar-refractivity contribution is 6.24. The second kappa shape index (κ2) is 9.99. The fourth-order valence-electron chi connectivity index (χ4n) is 9.12. The minimum Gasteiger partial charge on any atom is -0.494 e. The molecule has 0 aromatic carbocycles. The Morgan fingerprint density at radius 1 is 0.634 bits per heavy atom. The van der Waals surface area contributed by atoms with Gasteiger partial charge in [0.2, 0.25) is 5.88 Å². The molecule has 1 aromatic heterocycles. The number of aromatic hydroxyl groups is 1. The van der Waals surface area contributed by atoms with E-state index in [0.717, 1.165) is 99.8 Å². The Morgan fingerprint density at radius 2 is 1.15 bits per heavy atom. The third-order valence-corrected chi connectivity index (χ3v) is 11.1. The number of hydrogen-bond acceptors (Lipinski definition) is 4. The lowest BCUT2D eigenvalue weighted by molar-refractivity contribution is -0.123. The number of fused-ring (bicyclic) bond motifs is 2. The van der Waals surface area contributed by atoms with E-state index in [1.165, 1.54) is 12.8 Å². The minimum absolute atomic E-state index is 0.0289. The van der Waals surface area contributed by atoms with Crippen molar-refractivity contribution in [2.24, 2.45) is 29.8 Å². The van der Waals surface area contributed by atoms with E-state index >= 15 is 0 Å². The Kier molecular flexibility index (Phi) is 6.51. The summed E-state index contributed by atoms with van der Waals surface area (Å²) in [6, 6.07) is 0. The SMILES string of the molecule is CN1C(=O)C2=C(C3CCCC(c4c5c(c(O)n4C)C(C4CCCCC4)=NC5=O)C3)N(C)C(=O)C2=C1C1CCCCC1. The number of allylic oxidation sites excluding steroid dienone is 2. The third kappa shape index (κ3) is 3.92. The summed E-state index contributed by atoms with van der Waals surface area (Å²) in [6.45, 7) is 0. The zero-order chi connectivity index (χ0) is 28.6. The van der Waals surface area contributed by atoms with Gasteiger partial charge < -0.3 is 19.5 Å². The van der Waals surface area contributed by atoms with Crippen molar-refractivity contribution in [1.82, 2.24) is 14.4 Å². The van der Waals surface area contributed by atoms with Gasteiger partial charge in [-0.3, -0.25) is 14.4 Å². The summed E-state index contributed by atoms with van der Waals surface area (Å²) < 4.78 is 1.81. The summed E-state index contributed by atoms with van der Waals surface area (Å²) in [5, 5.41) is 11.3. The number of aliphatic imine (C=N–C) groups is 1. The minimum atomic E-state index is -0.223. The molecule has 0 saturated heterocycles. The highest BCUT2D eigenvalue weighted by Gasteiger charge is 2.50. The van der Waals surface area contributed by atoms with Crippen molar-refractivity contribution in [2.75, 3.05) is 14.1 Å². The molecule has 41 heavy (non-hydrogen) atoms. The van der Waals surface area contributed by atoms with Crippen LogP contribution in [0.3, 0.4) is 0 Å². The molecule has 8 nitrogen and oxygen atoms in total. The van der Waals surface area contributed by atoms with Crippen LogP contribution in [0.4, 0.5) is 0 Å². The largest absolute Gasteiger partial charge is 0.494 e. The summed E-state index contributed by atoms with van der Waals surface area (Å²) in [5.41, 5.74) is 5.95. The lowest BCUT2D eigenvalue weighted by Crippen LogP contribution is -2.32. The van der Waals surface area contributed by atoms with Gasteiger partial charge in [0.15, 0.2) is 0 Å². The van der Waals surface area contributed by atoms with E-state index in [9.17, 15) is 19.5 Å². The molecule has 4 heterocycles. The van der Waals surface area contributed by atoms with Crippen LogP contribution in [-0.2, 0) is 16.6 Å². The van der Waals surface area contributed by atoms with E-state index in [4.69, 9.17) is 0 Å². The van der Waals surface area contributed by atoms with Crippen molar-refractivity contribution >= 4 is 23.4 Å². The molecule has 3 amide bonds. The van der Waals surface area contributed by atoms with Crippen molar-refractivity contribution < 1.29 is 19.5 Å². The second-order valence-electron chi connectivity index (χ2n) is 13.3. The molecular weight excluding hydrogens is 516 g/mol. The van der Waals surface area contributed by atoms with Gasteiger partial charge >= 0.3 is 0 Å². The molecule has 3 aliphatic heterocycles. The maximum atomic E-state index is 13.7. The van der Waals surface area contributed by atoms with Crippen LogP contribution in [0.25, 0.3) is 0 Å². The molecule has 0 spiro atoms. The first-order valence-electron chi connectivity index (χ1n) is 15.9. The fraction of sp³-hybridized carbons (Fsp3) is 0.636. The Bertz CT molecular complexity index is 1430. The van der Waals surface area contributed by atoms with Crippen LogP contribution in [0, 0.1) is 17.8 Å². The first-order chi connectivity index (χ1) is 19.8. The topological polar surface area (TPSA) is 95.2 Å². The average molecular weight is 559 g/mol. The maximum Gasteiger partial charge on any atom is 0.279 e. The van der Waals surface area contributed by atoms with E-state index in [1.807, 2.05) is 25.7 Å². The van der Waals surface area contributed by atoms with Crippen molar-refractivity contribution in [2.45, 2.75) is 95.8 Å². The molecule has 2 unspecified atom stereocenters. The van der Waals surface area contributed by atoms with Crippen LogP contribution in [0.15, 0.2) is 27.5 Å². The molecule has 7 rings (SSSR count). The second-order valence-corrected chi connectivity index (χ2v) is 13.3. The number of nitrogens with zero attached hydrogens (tertiary/aromatic N) is 4. The van der Waals surface area contributed by atoms with E-state index in [-0.39, 0.29) is 47.3 Å². The maximum absolute atomic E-state index is 13.7. The molecule has 218 valence electrons. The van der Waals surface area contributed by atoms with Crippen LogP contribution < -0.4 is 0 Å². The molecule has 0 radical (unpaired) electrons. The zero-order valence-corrected chi connectivity index (χ0v) is 24.7. The highest BCUT2D eigenvalue weighted by Crippen LogP contribution is 2.51. The van der Waals surface area contributed by atoms with Crippen LogP contribution in [-0.4, -0.2) is 57.0 Å². The number of carbonyl (C=O) groups is 3. The third-order valence-electron chi connectivity index (χ3n) is 11.1. The van der Waals surface area contributed by atoms with E-state index in [2.05, 4.69) is 4.99 Å². The van der Waals surface area contributed by atoms with Crippen molar-refractivity contribution in [3.05, 3.63) is 39.4 Å². The molecule has 3 fully saturated rings. The van der Waals surface area contributed by atoms with Gasteiger partial charge in [0.05, 0.1) is 28.0 Å². The fourth-order valence-corrected chi connectivity index (χ4v) is 9.12. The number of hydrogen-bond donors (Lipinski definition) is 1. The molecule has 2 atom stereocenters. The molecule has 8 heteroatoms. The average Bonchev–Trinajstić information content (AvgIpc) is 3.64. The van der Waals surface area contributed by atoms with Crippen LogP contribution in [0.1, 0.15) is 117 Å². The molecule has 1 N–H and O–H groups in total. The number of amides is 3. The van der Waals surface area contributed by atoms with E-state index in [0.29, 0.717) is 22.3 Å². The molecule has 1 aromatic rings. The molecule has 0 bridgehead atoms. The van der Waals surface area contributed by atoms with Crippen LogP contribution in [0.2, 0.25) is 0 Å². The Labute approximate surface area is 242 Å². The number of aromatic nitrogens is 1. The normalized spacial score (nSPS) is 27.9. The van der Waals surface area contributed by atoms with E-state index in [1.54, 1.807) is 9.80 Å². The summed E-state index contributed by atoms with van der Waals surface area (Å²) in [6.07, 6.45) is 14.5. The molecule has 3 saturated carbocycles. The smallest absolute Gasteiger partial charge is 0.279 e. The van der Waals surface area contributed by atoms with Gasteiger partial charge in [0, 0.05) is 61.9 Å². The lowest BCUT2D eigenvalue weighted by Gasteiger charge is -2.34. The van der Waals surface area contributed by atoms with Gasteiger partial charge in [-0.1, -0.05) is 44.9 Å². The quantitative estimate of drug-likeness (QED) is 0.523. The standard InChI is InChI=1S/C33H42N4O4/c1-35-27(19-13-8-5-9-14-19)24-25(33(35)41)29(37(3)32(24)40)21-16-10-15-20(17-21)28-23-22(31(39)36(28)2)26(34-30(23)38)18-11-6-4-7-12-18/h18-21,39H,4-17H2,1-3H3. The summed E-state index contributed by atoms with van der Waals surface area (Å²) in [5.74, 6) is 0.391. The first kappa shape index (κ1) is 26.7. The van der Waals surface area contributed by atoms with Gasteiger partial charge in [-0.2, -0.15) is 0 Å². The molecule has 3 aliphatic carbocycles. The van der Waals surface area contributed by atoms with E-state index < -0.39 is 0 Å².